The average Bonchev–Trinajstić information content (AvgIpc) is 3.32. The van der Waals surface area contributed by atoms with Crippen LogP contribution < -0.4 is 30.3 Å². The Labute approximate surface area is 294 Å². The number of aromatic amines is 1. The SMILES string of the molecule is COc1cc2c(c(OC)c1OC)-c1ccc(NCCCCCC(=O)N3CCc4[nH]c5c(Br)cccc5c4C3)c(=O)cc1C(NC(C)=O)CC2. The van der Waals surface area contributed by atoms with Gasteiger partial charge in [0.2, 0.25) is 23.0 Å². The molecule has 2 heterocycles. The zero-order valence-electron chi connectivity index (χ0n) is 28.5. The zero-order valence-corrected chi connectivity index (χ0v) is 30.1. The summed E-state index contributed by atoms with van der Waals surface area (Å²) in [5.74, 6) is 1.55. The quantitative estimate of drug-likeness (QED) is 0.148. The van der Waals surface area contributed by atoms with Crippen LogP contribution in [0.15, 0.2) is 51.7 Å². The molecule has 0 saturated carbocycles. The standard InChI is InChI=1S/C38H43BrN4O6/c1-22(44)41-29-14-12-23-19-33(47-2)37(48-3)38(49-4)35(23)24-13-15-31(32(45)20-26(24)29)40-17-7-5-6-11-34(46)43-18-16-30-27(21-43)25-9-8-10-28(39)36(25)42-30/h8-10,13,15,19-20,29,42H,5-7,11-12,14,16-18,21H2,1-4H3,(H,40,45)(H,41,44). The lowest BCUT2D eigenvalue weighted by molar-refractivity contribution is -0.132. The molecule has 0 radical (unpaired) electrons. The minimum absolute atomic E-state index is 0.163. The number of hydrogen-bond donors (Lipinski definition) is 3. The highest BCUT2D eigenvalue weighted by molar-refractivity contribution is 9.10. The normalized spacial score (nSPS) is 15.0. The van der Waals surface area contributed by atoms with Gasteiger partial charge in [0.15, 0.2) is 11.5 Å². The number of rotatable bonds is 11. The van der Waals surface area contributed by atoms with Crippen molar-refractivity contribution in [1.29, 1.82) is 0 Å². The largest absolute Gasteiger partial charge is 0.493 e. The lowest BCUT2D eigenvalue weighted by Crippen LogP contribution is -2.35. The second-order valence-corrected chi connectivity index (χ2v) is 13.5. The molecule has 3 N–H and O–H groups in total. The number of benzene rings is 2. The molecule has 11 heteroatoms. The molecule has 0 spiro atoms. The van der Waals surface area contributed by atoms with Crippen molar-refractivity contribution in [2.75, 3.05) is 39.7 Å². The maximum Gasteiger partial charge on any atom is 0.222 e. The Kier molecular flexibility index (Phi) is 10.5. The second kappa shape index (κ2) is 14.9. The number of H-pyrrole nitrogens is 1. The molecule has 1 aliphatic carbocycles. The third-order valence-corrected chi connectivity index (χ3v) is 10.3. The molecule has 258 valence electrons. The number of nitrogens with zero attached hydrogens (tertiary/aromatic N) is 1. The van der Waals surface area contributed by atoms with Crippen LogP contribution in [0.2, 0.25) is 0 Å². The first-order valence-electron chi connectivity index (χ1n) is 16.8. The van der Waals surface area contributed by atoms with Crippen molar-refractivity contribution in [3.63, 3.8) is 0 Å². The minimum atomic E-state index is -0.364. The first kappa shape index (κ1) is 34.4. The van der Waals surface area contributed by atoms with E-state index in [1.165, 1.54) is 23.6 Å². The van der Waals surface area contributed by atoms with E-state index >= 15 is 0 Å². The Balaban J connectivity index is 1.12. The fraction of sp³-hybridized carbons (Fsp3) is 0.395. The van der Waals surface area contributed by atoms with E-state index in [1.54, 1.807) is 33.5 Å². The lowest BCUT2D eigenvalue weighted by Gasteiger charge is -2.27. The Morgan fingerprint density at radius 2 is 1.82 bits per heavy atom. The van der Waals surface area contributed by atoms with Gasteiger partial charge in [0.1, 0.15) is 0 Å². The third kappa shape index (κ3) is 6.99. The maximum atomic E-state index is 13.6. The Morgan fingerprint density at radius 1 is 1.00 bits per heavy atom. The molecular formula is C38H43BrN4O6. The molecule has 2 aliphatic rings. The number of hydrogen-bond acceptors (Lipinski definition) is 7. The predicted molar refractivity (Wildman–Crippen MR) is 195 cm³/mol. The van der Waals surface area contributed by atoms with Gasteiger partial charge in [0, 0.05) is 66.1 Å². The van der Waals surface area contributed by atoms with Gasteiger partial charge in [-0.15, -0.1) is 0 Å². The number of anilines is 1. The summed E-state index contributed by atoms with van der Waals surface area (Å²) in [4.78, 5) is 44.4. The van der Waals surface area contributed by atoms with Crippen LogP contribution in [0.1, 0.15) is 67.5 Å². The van der Waals surface area contributed by atoms with Gasteiger partial charge in [-0.2, -0.15) is 0 Å². The van der Waals surface area contributed by atoms with Gasteiger partial charge in [-0.05, 0) is 82.6 Å². The van der Waals surface area contributed by atoms with E-state index in [9.17, 15) is 14.4 Å². The van der Waals surface area contributed by atoms with Gasteiger partial charge in [-0.3, -0.25) is 14.4 Å². The van der Waals surface area contributed by atoms with E-state index in [0.29, 0.717) is 55.3 Å². The number of aryl methyl sites for hydroxylation is 1. The topological polar surface area (TPSA) is 122 Å². The molecule has 1 aromatic heterocycles. The molecule has 10 nitrogen and oxygen atoms in total. The smallest absolute Gasteiger partial charge is 0.222 e. The van der Waals surface area contributed by atoms with Gasteiger partial charge < -0.3 is 34.7 Å². The van der Waals surface area contributed by atoms with Gasteiger partial charge in [0.25, 0.3) is 0 Å². The summed E-state index contributed by atoms with van der Waals surface area (Å²) in [7, 11) is 4.73. The summed E-state index contributed by atoms with van der Waals surface area (Å²) in [6.45, 7) is 3.43. The van der Waals surface area contributed by atoms with Gasteiger partial charge in [-0.25, -0.2) is 0 Å². The van der Waals surface area contributed by atoms with Crippen LogP contribution in [-0.4, -0.2) is 56.1 Å². The maximum absolute atomic E-state index is 13.6. The molecule has 4 aromatic rings. The lowest BCUT2D eigenvalue weighted by atomic mass is 9.95. The zero-order chi connectivity index (χ0) is 34.7. The Morgan fingerprint density at radius 3 is 2.57 bits per heavy atom. The van der Waals surface area contributed by atoms with E-state index in [2.05, 4.69) is 37.6 Å². The van der Waals surface area contributed by atoms with Crippen LogP contribution in [0.5, 0.6) is 17.2 Å². The molecular weight excluding hydrogens is 688 g/mol. The van der Waals surface area contributed by atoms with Gasteiger partial charge in [0.05, 0.1) is 38.6 Å². The summed E-state index contributed by atoms with van der Waals surface area (Å²) in [5, 5.41) is 7.54. The molecule has 1 atom stereocenters. The summed E-state index contributed by atoms with van der Waals surface area (Å²) < 4.78 is 18.2. The minimum Gasteiger partial charge on any atom is -0.493 e. The number of unbranched alkanes of at least 4 members (excludes halogenated alkanes) is 2. The van der Waals surface area contributed by atoms with E-state index in [0.717, 1.165) is 64.5 Å². The van der Waals surface area contributed by atoms with Crippen LogP contribution in [0.3, 0.4) is 0 Å². The van der Waals surface area contributed by atoms with Crippen LogP contribution in [0.25, 0.3) is 22.0 Å². The van der Waals surface area contributed by atoms with Crippen LogP contribution >= 0.6 is 15.9 Å². The van der Waals surface area contributed by atoms with Crippen LogP contribution in [0.4, 0.5) is 5.69 Å². The highest BCUT2D eigenvalue weighted by Gasteiger charge is 2.30. The summed E-state index contributed by atoms with van der Waals surface area (Å²) in [6, 6.07) is 13.1. The number of methoxy groups -OCH3 is 3. The molecule has 0 fully saturated rings. The van der Waals surface area contributed by atoms with Crippen molar-refractivity contribution < 1.29 is 23.8 Å². The highest BCUT2D eigenvalue weighted by atomic mass is 79.9. The molecule has 0 saturated heterocycles. The number of fused-ring (bicyclic) bond motifs is 6. The monoisotopic (exact) mass is 730 g/mol. The predicted octanol–water partition coefficient (Wildman–Crippen LogP) is 6.66. The van der Waals surface area contributed by atoms with Crippen molar-refractivity contribution in [3.05, 3.63) is 79.5 Å². The summed E-state index contributed by atoms with van der Waals surface area (Å²) >= 11 is 3.63. The number of aromatic nitrogens is 1. The number of para-hydroxylation sites is 1. The molecule has 49 heavy (non-hydrogen) atoms. The molecule has 6 rings (SSSR count). The van der Waals surface area contributed by atoms with Crippen LogP contribution in [0, 0.1) is 0 Å². The van der Waals surface area contributed by atoms with Crippen molar-refractivity contribution in [1.82, 2.24) is 15.2 Å². The number of amides is 2. The Bertz CT molecular complexity index is 1960. The van der Waals surface area contributed by atoms with Crippen LogP contribution in [-0.2, 0) is 29.0 Å². The molecule has 0 bridgehead atoms. The van der Waals surface area contributed by atoms with E-state index < -0.39 is 0 Å². The second-order valence-electron chi connectivity index (χ2n) is 12.6. The molecule has 3 aromatic carbocycles. The van der Waals surface area contributed by atoms with Gasteiger partial charge >= 0.3 is 0 Å². The van der Waals surface area contributed by atoms with Gasteiger partial charge in [-0.1, -0.05) is 24.6 Å². The summed E-state index contributed by atoms with van der Waals surface area (Å²) in [6.07, 6.45) is 5.02. The van der Waals surface area contributed by atoms with E-state index in [1.807, 2.05) is 29.2 Å². The molecule has 1 unspecified atom stereocenters. The van der Waals surface area contributed by atoms with E-state index in [4.69, 9.17) is 14.2 Å². The van der Waals surface area contributed by atoms with Crippen molar-refractivity contribution in [2.24, 2.45) is 0 Å². The molecule has 1 aliphatic heterocycles. The Hall–Kier alpha value is -4.51. The van der Waals surface area contributed by atoms with Crippen molar-refractivity contribution >= 4 is 44.3 Å². The number of halogens is 1. The number of nitrogens with one attached hydrogen (secondary N) is 3. The number of carbonyl (C=O) groups excluding carboxylic acids is 2. The third-order valence-electron chi connectivity index (χ3n) is 9.61. The van der Waals surface area contributed by atoms with E-state index in [-0.39, 0.29) is 23.3 Å². The number of ether oxygens (including phenoxy) is 3. The fourth-order valence-electron chi connectivity index (χ4n) is 7.23. The van der Waals surface area contributed by atoms with Crippen molar-refractivity contribution in [3.8, 4) is 28.4 Å². The average molecular weight is 732 g/mol. The first-order valence-corrected chi connectivity index (χ1v) is 17.6. The number of carbonyl (C=O) groups is 2. The fourth-order valence-corrected chi connectivity index (χ4v) is 7.69. The molecule has 2 amide bonds. The highest BCUT2D eigenvalue weighted by Crippen LogP contribution is 2.50. The van der Waals surface area contributed by atoms with Crippen molar-refractivity contribution in [2.45, 2.75) is 64.5 Å². The first-order chi connectivity index (χ1) is 23.7. The summed E-state index contributed by atoms with van der Waals surface area (Å²) in [5.41, 5.74) is 7.14.